The normalized spacial score (nSPS) is 15.1. The third-order valence-corrected chi connectivity index (χ3v) is 1.87. The molecule has 2 unspecified atom stereocenters. The van der Waals surface area contributed by atoms with Gasteiger partial charge in [-0.2, -0.15) is 0 Å². The Morgan fingerprint density at radius 2 is 2.23 bits per heavy atom. The Hall–Kier alpha value is -0.610. The summed E-state index contributed by atoms with van der Waals surface area (Å²) in [5.74, 6) is -0.320. The van der Waals surface area contributed by atoms with Gasteiger partial charge < -0.3 is 15.2 Å². The van der Waals surface area contributed by atoms with E-state index in [1.165, 1.54) is 0 Å². The zero-order chi connectivity index (χ0) is 10.3. The summed E-state index contributed by atoms with van der Waals surface area (Å²) in [7, 11) is 1.74. The van der Waals surface area contributed by atoms with Crippen molar-refractivity contribution in [2.24, 2.45) is 5.92 Å². The van der Waals surface area contributed by atoms with E-state index < -0.39 is 6.10 Å². The molecule has 0 heterocycles. The number of hydrogen-bond donors (Lipinski definition) is 2. The van der Waals surface area contributed by atoms with E-state index >= 15 is 0 Å². The van der Waals surface area contributed by atoms with Crippen LogP contribution in [0.4, 0.5) is 0 Å². The molecule has 4 nitrogen and oxygen atoms in total. The van der Waals surface area contributed by atoms with Crippen molar-refractivity contribution in [1.29, 1.82) is 0 Å². The molecule has 0 bridgehead atoms. The molecule has 13 heavy (non-hydrogen) atoms. The summed E-state index contributed by atoms with van der Waals surface area (Å²) in [5.41, 5.74) is 0. The lowest BCUT2D eigenvalue weighted by Crippen LogP contribution is -2.30. The van der Waals surface area contributed by atoms with Gasteiger partial charge in [-0.25, -0.2) is 0 Å². The van der Waals surface area contributed by atoms with Gasteiger partial charge in [0, 0.05) is 6.54 Å². The maximum absolute atomic E-state index is 11.1. The monoisotopic (exact) mass is 189 g/mol. The number of likely N-dealkylation sites (N-methyl/N-ethyl adjacent to an activating group) is 1. The number of carbonyl (C=O) groups excluding carboxylic acids is 1. The number of rotatable bonds is 6. The van der Waals surface area contributed by atoms with Gasteiger partial charge in [0.2, 0.25) is 0 Å². The first-order valence-electron chi connectivity index (χ1n) is 4.61. The molecule has 0 spiro atoms. The number of hydrogen-bond acceptors (Lipinski definition) is 4. The SMILES string of the molecule is CCC(C)C(=O)OCC(O)CNC. The molecule has 78 valence electrons. The first-order valence-corrected chi connectivity index (χ1v) is 4.61. The molecular formula is C9H19NO3. The molecular weight excluding hydrogens is 170 g/mol. The molecule has 0 fully saturated rings. The van der Waals surface area contributed by atoms with E-state index in [4.69, 9.17) is 4.74 Å². The molecule has 0 radical (unpaired) electrons. The maximum atomic E-state index is 11.1. The lowest BCUT2D eigenvalue weighted by molar-refractivity contribution is -0.150. The van der Waals surface area contributed by atoms with Crippen LogP contribution in [0.1, 0.15) is 20.3 Å². The van der Waals surface area contributed by atoms with Crippen LogP contribution in [-0.2, 0) is 9.53 Å². The number of esters is 1. The van der Waals surface area contributed by atoms with Crippen molar-refractivity contribution in [2.75, 3.05) is 20.2 Å². The molecule has 0 saturated carbocycles. The van der Waals surface area contributed by atoms with Gasteiger partial charge in [-0.15, -0.1) is 0 Å². The Labute approximate surface area is 79.3 Å². The van der Waals surface area contributed by atoms with Gasteiger partial charge >= 0.3 is 5.97 Å². The third-order valence-electron chi connectivity index (χ3n) is 1.87. The molecule has 0 aliphatic carbocycles. The predicted octanol–water partition coefficient (Wildman–Crippen LogP) is 0.156. The van der Waals surface area contributed by atoms with Crippen molar-refractivity contribution >= 4 is 5.97 Å². The second-order valence-electron chi connectivity index (χ2n) is 3.15. The fourth-order valence-corrected chi connectivity index (χ4v) is 0.782. The minimum Gasteiger partial charge on any atom is -0.463 e. The summed E-state index contributed by atoms with van der Waals surface area (Å²) in [5, 5.41) is 12.0. The van der Waals surface area contributed by atoms with E-state index in [1.807, 2.05) is 13.8 Å². The molecule has 2 atom stereocenters. The zero-order valence-electron chi connectivity index (χ0n) is 8.54. The highest BCUT2D eigenvalue weighted by Crippen LogP contribution is 2.03. The van der Waals surface area contributed by atoms with E-state index in [0.717, 1.165) is 6.42 Å². The fourth-order valence-electron chi connectivity index (χ4n) is 0.782. The van der Waals surface area contributed by atoms with Crippen LogP contribution >= 0.6 is 0 Å². The number of aliphatic hydroxyl groups is 1. The van der Waals surface area contributed by atoms with Gasteiger partial charge in [-0.05, 0) is 13.5 Å². The van der Waals surface area contributed by atoms with Crippen LogP contribution in [0, 0.1) is 5.92 Å². The Morgan fingerprint density at radius 3 is 2.69 bits per heavy atom. The van der Waals surface area contributed by atoms with Crippen LogP contribution in [0.3, 0.4) is 0 Å². The lowest BCUT2D eigenvalue weighted by Gasteiger charge is -2.12. The molecule has 0 rings (SSSR count). The standard InChI is InChI=1S/C9H19NO3/c1-4-7(2)9(12)13-6-8(11)5-10-3/h7-8,10-11H,4-6H2,1-3H3. The summed E-state index contributed by atoms with van der Waals surface area (Å²) in [4.78, 5) is 11.1. The van der Waals surface area contributed by atoms with E-state index in [2.05, 4.69) is 5.32 Å². The Bertz CT molecular complexity index is 150. The molecule has 0 amide bonds. The summed E-state index contributed by atoms with van der Waals surface area (Å²) in [6.45, 7) is 4.25. The molecule has 4 heteroatoms. The van der Waals surface area contributed by atoms with Gasteiger partial charge in [0.05, 0.1) is 5.92 Å². The van der Waals surface area contributed by atoms with Crippen molar-refractivity contribution in [3.8, 4) is 0 Å². The third kappa shape index (κ3) is 5.60. The van der Waals surface area contributed by atoms with Gasteiger partial charge in [0.25, 0.3) is 0 Å². The second-order valence-corrected chi connectivity index (χ2v) is 3.15. The van der Waals surface area contributed by atoms with E-state index in [0.29, 0.717) is 6.54 Å². The Balaban J connectivity index is 3.57. The van der Waals surface area contributed by atoms with Gasteiger partial charge in [0.15, 0.2) is 0 Å². The van der Waals surface area contributed by atoms with Crippen molar-refractivity contribution in [3.05, 3.63) is 0 Å². The topological polar surface area (TPSA) is 58.6 Å². The van der Waals surface area contributed by atoms with Gasteiger partial charge in [-0.1, -0.05) is 13.8 Å². The summed E-state index contributed by atoms with van der Waals surface area (Å²) in [6, 6.07) is 0. The first-order chi connectivity index (χ1) is 6.11. The average molecular weight is 189 g/mol. The number of nitrogens with one attached hydrogen (secondary N) is 1. The fraction of sp³-hybridized carbons (Fsp3) is 0.889. The van der Waals surface area contributed by atoms with Crippen LogP contribution in [0.2, 0.25) is 0 Å². The summed E-state index contributed by atoms with van der Waals surface area (Å²) < 4.78 is 4.88. The highest BCUT2D eigenvalue weighted by molar-refractivity contribution is 5.71. The number of carbonyl (C=O) groups is 1. The molecule has 0 aromatic rings. The summed E-state index contributed by atoms with van der Waals surface area (Å²) >= 11 is 0. The predicted molar refractivity (Wildman–Crippen MR) is 50.3 cm³/mol. The second kappa shape index (κ2) is 6.86. The molecule has 0 aromatic heterocycles. The maximum Gasteiger partial charge on any atom is 0.308 e. The Morgan fingerprint density at radius 1 is 1.62 bits per heavy atom. The number of aliphatic hydroxyl groups excluding tert-OH is 1. The van der Waals surface area contributed by atoms with Crippen LogP contribution in [0.5, 0.6) is 0 Å². The van der Waals surface area contributed by atoms with Gasteiger partial charge in [-0.3, -0.25) is 4.79 Å². The van der Waals surface area contributed by atoms with Crippen LogP contribution in [0.25, 0.3) is 0 Å². The average Bonchev–Trinajstić information content (AvgIpc) is 2.13. The Kier molecular flexibility index (Phi) is 6.54. The zero-order valence-corrected chi connectivity index (χ0v) is 8.54. The molecule has 2 N–H and O–H groups in total. The largest absolute Gasteiger partial charge is 0.463 e. The van der Waals surface area contributed by atoms with Crippen molar-refractivity contribution in [3.63, 3.8) is 0 Å². The minimum atomic E-state index is -0.613. The first kappa shape index (κ1) is 12.4. The molecule has 0 saturated heterocycles. The van der Waals surface area contributed by atoms with Gasteiger partial charge in [0.1, 0.15) is 12.7 Å². The highest BCUT2D eigenvalue weighted by Gasteiger charge is 2.13. The highest BCUT2D eigenvalue weighted by atomic mass is 16.5. The number of ether oxygens (including phenoxy) is 1. The van der Waals surface area contributed by atoms with Crippen molar-refractivity contribution < 1.29 is 14.6 Å². The minimum absolute atomic E-state index is 0.0734. The van der Waals surface area contributed by atoms with Crippen molar-refractivity contribution in [2.45, 2.75) is 26.4 Å². The van der Waals surface area contributed by atoms with Crippen LogP contribution < -0.4 is 5.32 Å². The van der Waals surface area contributed by atoms with Crippen LogP contribution in [-0.4, -0.2) is 37.4 Å². The van der Waals surface area contributed by atoms with E-state index in [-0.39, 0.29) is 18.5 Å². The van der Waals surface area contributed by atoms with Crippen molar-refractivity contribution in [1.82, 2.24) is 5.32 Å². The molecule has 0 aliphatic rings. The molecule has 0 aromatic carbocycles. The lowest BCUT2D eigenvalue weighted by atomic mass is 10.1. The molecule has 0 aliphatic heterocycles. The smallest absolute Gasteiger partial charge is 0.308 e. The van der Waals surface area contributed by atoms with E-state index in [9.17, 15) is 9.90 Å². The quantitative estimate of drug-likeness (QED) is 0.584. The summed E-state index contributed by atoms with van der Waals surface area (Å²) in [6.07, 6.45) is 0.152. The van der Waals surface area contributed by atoms with E-state index in [1.54, 1.807) is 7.05 Å². The van der Waals surface area contributed by atoms with Crippen LogP contribution in [0.15, 0.2) is 0 Å².